The van der Waals surface area contributed by atoms with Gasteiger partial charge in [-0.1, -0.05) is 0 Å². The average molecular weight is 386 g/mol. The van der Waals surface area contributed by atoms with Gasteiger partial charge in [0, 0.05) is 43.0 Å². The summed E-state index contributed by atoms with van der Waals surface area (Å²) in [5.41, 5.74) is 1.99. The first kappa shape index (κ1) is 18.8. The molecule has 0 bridgehead atoms. The van der Waals surface area contributed by atoms with Gasteiger partial charge in [0.2, 0.25) is 0 Å². The minimum Gasteiger partial charge on any atom is -0.493 e. The van der Waals surface area contributed by atoms with Crippen molar-refractivity contribution in [2.75, 3.05) is 19.7 Å². The summed E-state index contributed by atoms with van der Waals surface area (Å²) >= 11 is 0. The van der Waals surface area contributed by atoms with E-state index in [1.165, 1.54) is 17.8 Å². The van der Waals surface area contributed by atoms with Crippen LogP contribution in [0.2, 0.25) is 0 Å². The van der Waals surface area contributed by atoms with Gasteiger partial charge in [-0.05, 0) is 56.9 Å². The summed E-state index contributed by atoms with van der Waals surface area (Å²) in [5.74, 6) is 0.792. The number of carbonyl (C=O) groups is 1. The van der Waals surface area contributed by atoms with E-state index in [2.05, 4.69) is 23.4 Å². The molecule has 2 amide bonds. The van der Waals surface area contributed by atoms with Crippen molar-refractivity contribution in [2.24, 2.45) is 0 Å². The molecule has 1 saturated heterocycles. The molecule has 7 heteroatoms. The molecule has 1 atom stereocenters. The van der Waals surface area contributed by atoms with Gasteiger partial charge in [0.15, 0.2) is 0 Å². The Hall–Kier alpha value is -2.57. The standard InChI is InChI=1S/C21H27FN4O2/c1-2-26-19(7-10-23-26)15-8-11-25(12-9-15)21(27)24-18-4-3-13-28-20-6-5-16(22)14-17(18)20/h5-7,10,14-15,18H,2-4,8-9,11-13H2,1H3,(H,24,27). The van der Waals surface area contributed by atoms with Gasteiger partial charge < -0.3 is 15.0 Å². The van der Waals surface area contributed by atoms with Gasteiger partial charge in [0.05, 0.1) is 12.6 Å². The number of nitrogens with one attached hydrogen (secondary N) is 1. The Bertz CT molecular complexity index is 830. The molecule has 1 unspecified atom stereocenters. The minimum absolute atomic E-state index is 0.0791. The lowest BCUT2D eigenvalue weighted by Crippen LogP contribution is -2.45. The highest BCUT2D eigenvalue weighted by Gasteiger charge is 2.28. The fourth-order valence-electron chi connectivity index (χ4n) is 4.27. The zero-order valence-electron chi connectivity index (χ0n) is 16.2. The van der Waals surface area contributed by atoms with Crippen LogP contribution in [-0.2, 0) is 6.54 Å². The lowest BCUT2D eigenvalue weighted by atomic mass is 9.93. The number of fused-ring (bicyclic) bond motifs is 1. The molecule has 1 aromatic carbocycles. The van der Waals surface area contributed by atoms with Crippen LogP contribution in [0.1, 0.15) is 55.8 Å². The van der Waals surface area contributed by atoms with Crippen molar-refractivity contribution in [3.63, 3.8) is 0 Å². The number of amides is 2. The topological polar surface area (TPSA) is 59.4 Å². The molecule has 3 heterocycles. The van der Waals surface area contributed by atoms with Crippen LogP contribution in [0.25, 0.3) is 0 Å². The number of benzene rings is 1. The Kier molecular flexibility index (Phi) is 5.50. The largest absolute Gasteiger partial charge is 0.493 e. The molecule has 2 aromatic rings. The van der Waals surface area contributed by atoms with Crippen molar-refractivity contribution < 1.29 is 13.9 Å². The van der Waals surface area contributed by atoms with Crippen LogP contribution >= 0.6 is 0 Å². The molecule has 0 spiro atoms. The summed E-state index contributed by atoms with van der Waals surface area (Å²) in [4.78, 5) is 14.7. The smallest absolute Gasteiger partial charge is 0.317 e. The molecule has 0 radical (unpaired) electrons. The summed E-state index contributed by atoms with van der Waals surface area (Å²) in [6, 6.07) is 6.31. The van der Waals surface area contributed by atoms with E-state index in [1.54, 1.807) is 6.07 Å². The van der Waals surface area contributed by atoms with Crippen LogP contribution in [0.4, 0.5) is 9.18 Å². The van der Waals surface area contributed by atoms with Gasteiger partial charge in [0.1, 0.15) is 11.6 Å². The van der Waals surface area contributed by atoms with Crippen LogP contribution < -0.4 is 10.1 Å². The number of halogens is 1. The predicted octanol–water partition coefficient (Wildman–Crippen LogP) is 3.85. The summed E-state index contributed by atoms with van der Waals surface area (Å²) in [6.07, 6.45) is 5.28. The number of piperidine rings is 1. The molecule has 150 valence electrons. The highest BCUT2D eigenvalue weighted by atomic mass is 19.1. The normalized spacial score (nSPS) is 20.2. The van der Waals surface area contributed by atoms with Crippen LogP contribution in [0, 0.1) is 5.82 Å². The van der Waals surface area contributed by atoms with Gasteiger partial charge in [-0.25, -0.2) is 9.18 Å². The van der Waals surface area contributed by atoms with Crippen LogP contribution in [0.3, 0.4) is 0 Å². The highest BCUT2D eigenvalue weighted by molar-refractivity contribution is 5.75. The Balaban J connectivity index is 1.39. The lowest BCUT2D eigenvalue weighted by molar-refractivity contribution is 0.176. The van der Waals surface area contributed by atoms with Crippen LogP contribution in [0.5, 0.6) is 5.75 Å². The van der Waals surface area contributed by atoms with Gasteiger partial charge in [-0.3, -0.25) is 4.68 Å². The molecule has 1 fully saturated rings. The van der Waals surface area contributed by atoms with Crippen molar-refractivity contribution in [1.29, 1.82) is 0 Å². The highest BCUT2D eigenvalue weighted by Crippen LogP contribution is 2.33. The molecule has 1 aromatic heterocycles. The predicted molar refractivity (Wildman–Crippen MR) is 104 cm³/mol. The van der Waals surface area contributed by atoms with Gasteiger partial charge in [-0.2, -0.15) is 5.10 Å². The van der Waals surface area contributed by atoms with E-state index >= 15 is 0 Å². The first-order valence-corrected chi connectivity index (χ1v) is 10.1. The molecule has 2 aliphatic rings. The summed E-state index contributed by atoms with van der Waals surface area (Å²) in [7, 11) is 0. The zero-order chi connectivity index (χ0) is 19.5. The number of aryl methyl sites for hydroxylation is 1. The minimum atomic E-state index is -0.308. The Morgan fingerprint density at radius 2 is 2.11 bits per heavy atom. The molecule has 1 N–H and O–H groups in total. The number of hydrogen-bond acceptors (Lipinski definition) is 3. The maximum Gasteiger partial charge on any atom is 0.317 e. The molecule has 28 heavy (non-hydrogen) atoms. The molecule has 4 rings (SSSR count). The molecule has 0 aliphatic carbocycles. The van der Waals surface area contributed by atoms with Crippen LogP contribution in [0.15, 0.2) is 30.5 Å². The average Bonchev–Trinajstić information content (AvgIpc) is 3.11. The van der Waals surface area contributed by atoms with E-state index in [-0.39, 0.29) is 17.9 Å². The van der Waals surface area contributed by atoms with E-state index in [4.69, 9.17) is 4.74 Å². The van der Waals surface area contributed by atoms with E-state index < -0.39 is 0 Å². The van der Waals surface area contributed by atoms with E-state index in [0.29, 0.717) is 31.4 Å². The molecular weight excluding hydrogens is 359 g/mol. The third-order valence-corrected chi connectivity index (χ3v) is 5.79. The maximum atomic E-state index is 13.7. The van der Waals surface area contributed by atoms with Crippen molar-refractivity contribution in [2.45, 2.75) is 51.1 Å². The van der Waals surface area contributed by atoms with E-state index in [9.17, 15) is 9.18 Å². The number of hydrogen-bond donors (Lipinski definition) is 1. The first-order chi connectivity index (χ1) is 13.7. The number of likely N-dealkylation sites (tertiary alicyclic amines) is 1. The number of carbonyl (C=O) groups excluding carboxylic acids is 1. The van der Waals surface area contributed by atoms with Crippen molar-refractivity contribution in [3.8, 4) is 5.75 Å². The molecule has 0 saturated carbocycles. The van der Waals surface area contributed by atoms with Gasteiger partial charge >= 0.3 is 6.03 Å². The van der Waals surface area contributed by atoms with E-state index in [0.717, 1.165) is 37.8 Å². The lowest BCUT2D eigenvalue weighted by Gasteiger charge is -2.33. The second-order valence-corrected chi connectivity index (χ2v) is 7.51. The monoisotopic (exact) mass is 386 g/mol. The number of ether oxygens (including phenoxy) is 1. The third-order valence-electron chi connectivity index (χ3n) is 5.79. The third kappa shape index (κ3) is 3.84. The SMILES string of the molecule is CCn1nccc1C1CCN(C(=O)NC2CCCOc3ccc(F)cc32)CC1. The summed E-state index contributed by atoms with van der Waals surface area (Å²) in [6.45, 7) is 4.97. The zero-order valence-corrected chi connectivity index (χ0v) is 16.2. The quantitative estimate of drug-likeness (QED) is 0.872. The van der Waals surface area contributed by atoms with Gasteiger partial charge in [-0.15, -0.1) is 0 Å². The molecule has 6 nitrogen and oxygen atoms in total. The molecule has 2 aliphatic heterocycles. The fraction of sp³-hybridized carbons (Fsp3) is 0.524. The fourth-order valence-corrected chi connectivity index (χ4v) is 4.27. The summed E-state index contributed by atoms with van der Waals surface area (Å²) < 4.78 is 21.5. The van der Waals surface area contributed by atoms with E-state index in [1.807, 2.05) is 15.8 Å². The van der Waals surface area contributed by atoms with Gasteiger partial charge in [0.25, 0.3) is 0 Å². The first-order valence-electron chi connectivity index (χ1n) is 10.1. The number of aromatic nitrogens is 2. The Labute approximate surface area is 164 Å². The molecular formula is C21H27FN4O2. The Morgan fingerprint density at radius 3 is 2.89 bits per heavy atom. The maximum absolute atomic E-state index is 13.7. The number of nitrogens with zero attached hydrogens (tertiary/aromatic N) is 3. The second kappa shape index (κ2) is 8.20. The Morgan fingerprint density at radius 1 is 1.29 bits per heavy atom. The number of rotatable bonds is 3. The second-order valence-electron chi connectivity index (χ2n) is 7.51. The van der Waals surface area contributed by atoms with Crippen molar-refractivity contribution >= 4 is 6.03 Å². The summed E-state index contributed by atoms with van der Waals surface area (Å²) in [5, 5.41) is 7.47. The van der Waals surface area contributed by atoms with Crippen molar-refractivity contribution in [3.05, 3.63) is 47.5 Å². The van der Waals surface area contributed by atoms with Crippen LogP contribution in [-0.4, -0.2) is 40.4 Å². The van der Waals surface area contributed by atoms with Crippen molar-refractivity contribution in [1.82, 2.24) is 20.0 Å². The number of urea groups is 1.